The Kier molecular flexibility index (Phi) is 4.02. The Morgan fingerprint density at radius 1 is 1.44 bits per heavy atom. The van der Waals surface area contributed by atoms with Gasteiger partial charge in [-0.3, -0.25) is 4.90 Å². The summed E-state index contributed by atoms with van der Waals surface area (Å²) in [6, 6.07) is 6.69. The zero-order valence-electron chi connectivity index (χ0n) is 11.3. The number of nitrogens with zero attached hydrogens (tertiary/aromatic N) is 1. The molecule has 3 heteroatoms. The largest absolute Gasteiger partial charge is 0.312 e. The third-order valence-corrected chi connectivity index (χ3v) is 5.54. The first-order chi connectivity index (χ1) is 8.90. The summed E-state index contributed by atoms with van der Waals surface area (Å²) in [7, 11) is 0. The van der Waals surface area contributed by atoms with Gasteiger partial charge >= 0.3 is 0 Å². The summed E-state index contributed by atoms with van der Waals surface area (Å²) >= 11 is 1.92. The first-order valence-corrected chi connectivity index (χ1v) is 8.30. The molecule has 0 bridgehead atoms. The minimum atomic E-state index is 0.653. The number of thiophene rings is 1. The molecule has 0 radical (unpaired) electrons. The van der Waals surface area contributed by atoms with Gasteiger partial charge in [0.1, 0.15) is 0 Å². The van der Waals surface area contributed by atoms with Crippen LogP contribution in [-0.4, -0.2) is 30.1 Å². The van der Waals surface area contributed by atoms with E-state index < -0.39 is 0 Å². The van der Waals surface area contributed by atoms with Crippen LogP contribution in [-0.2, 0) is 0 Å². The molecule has 2 aliphatic heterocycles. The van der Waals surface area contributed by atoms with Crippen LogP contribution in [0.2, 0.25) is 0 Å². The van der Waals surface area contributed by atoms with Crippen molar-refractivity contribution >= 4 is 11.3 Å². The predicted octanol–water partition coefficient (Wildman–Crippen LogP) is 3.42. The average molecular weight is 264 g/mol. The molecule has 2 nitrogen and oxygen atoms in total. The monoisotopic (exact) mass is 264 g/mol. The zero-order valence-corrected chi connectivity index (χ0v) is 12.1. The van der Waals surface area contributed by atoms with Gasteiger partial charge in [0.2, 0.25) is 0 Å². The van der Waals surface area contributed by atoms with Gasteiger partial charge in [-0.2, -0.15) is 0 Å². The highest BCUT2D eigenvalue weighted by Gasteiger charge is 2.36. The topological polar surface area (TPSA) is 15.3 Å². The quantitative estimate of drug-likeness (QED) is 0.896. The van der Waals surface area contributed by atoms with Crippen molar-refractivity contribution in [3.8, 4) is 0 Å². The molecular formula is C15H24N2S. The van der Waals surface area contributed by atoms with Gasteiger partial charge in [0.05, 0.1) is 0 Å². The summed E-state index contributed by atoms with van der Waals surface area (Å²) in [4.78, 5) is 4.34. The summed E-state index contributed by atoms with van der Waals surface area (Å²) in [5.41, 5.74) is 0. The van der Waals surface area contributed by atoms with Gasteiger partial charge in [0, 0.05) is 23.0 Å². The van der Waals surface area contributed by atoms with Crippen molar-refractivity contribution in [1.29, 1.82) is 0 Å². The molecule has 3 heterocycles. The Morgan fingerprint density at radius 2 is 2.39 bits per heavy atom. The zero-order chi connectivity index (χ0) is 12.4. The van der Waals surface area contributed by atoms with Crippen molar-refractivity contribution in [2.24, 2.45) is 0 Å². The van der Waals surface area contributed by atoms with E-state index >= 15 is 0 Å². The number of hydrogen-bond donors (Lipinski definition) is 1. The van der Waals surface area contributed by atoms with E-state index in [1.165, 1.54) is 45.2 Å². The molecule has 2 fully saturated rings. The summed E-state index contributed by atoms with van der Waals surface area (Å²) < 4.78 is 0. The second-order valence-corrected chi connectivity index (χ2v) is 6.57. The molecule has 0 aliphatic carbocycles. The van der Waals surface area contributed by atoms with Crippen LogP contribution in [0.3, 0.4) is 0 Å². The Labute approximate surface area is 114 Å². The van der Waals surface area contributed by atoms with E-state index in [-0.39, 0.29) is 0 Å². The van der Waals surface area contributed by atoms with Crippen molar-refractivity contribution in [3.63, 3.8) is 0 Å². The summed E-state index contributed by atoms with van der Waals surface area (Å²) in [6.07, 6.45) is 6.75. The Hall–Kier alpha value is -0.380. The van der Waals surface area contributed by atoms with Crippen LogP contribution >= 0.6 is 11.3 Å². The van der Waals surface area contributed by atoms with Crippen molar-refractivity contribution in [3.05, 3.63) is 22.4 Å². The van der Waals surface area contributed by atoms with Crippen molar-refractivity contribution in [1.82, 2.24) is 10.2 Å². The summed E-state index contributed by atoms with van der Waals surface area (Å²) in [6.45, 7) is 4.85. The van der Waals surface area contributed by atoms with Gasteiger partial charge in [-0.25, -0.2) is 0 Å². The fourth-order valence-electron chi connectivity index (χ4n) is 3.75. The molecule has 3 atom stereocenters. The lowest BCUT2D eigenvalue weighted by molar-refractivity contribution is 0.151. The number of likely N-dealkylation sites (tertiary alicyclic amines) is 1. The van der Waals surface area contributed by atoms with Gasteiger partial charge in [0.25, 0.3) is 0 Å². The minimum Gasteiger partial charge on any atom is -0.312 e. The second-order valence-electron chi connectivity index (χ2n) is 5.59. The first kappa shape index (κ1) is 12.6. The van der Waals surface area contributed by atoms with Crippen LogP contribution in [0.25, 0.3) is 0 Å². The average Bonchev–Trinajstić information content (AvgIpc) is 3.13. The Morgan fingerprint density at radius 3 is 3.06 bits per heavy atom. The fourth-order valence-corrected chi connectivity index (χ4v) is 4.68. The smallest absolute Gasteiger partial charge is 0.0442 e. The molecule has 3 rings (SSSR count). The lowest BCUT2D eigenvalue weighted by atomic mass is 10.0. The van der Waals surface area contributed by atoms with Crippen LogP contribution in [0.4, 0.5) is 0 Å². The van der Waals surface area contributed by atoms with Crippen LogP contribution in [0, 0.1) is 0 Å². The Bertz CT molecular complexity index is 357. The number of nitrogens with one attached hydrogen (secondary N) is 1. The fraction of sp³-hybridized carbons (Fsp3) is 0.733. The number of rotatable bonds is 4. The molecule has 1 aromatic heterocycles. The van der Waals surface area contributed by atoms with E-state index in [0.29, 0.717) is 6.04 Å². The van der Waals surface area contributed by atoms with Crippen molar-refractivity contribution < 1.29 is 0 Å². The summed E-state index contributed by atoms with van der Waals surface area (Å²) in [5.74, 6) is 0. The van der Waals surface area contributed by atoms with E-state index in [0.717, 1.165) is 12.1 Å². The lowest BCUT2D eigenvalue weighted by Gasteiger charge is -2.35. The predicted molar refractivity (Wildman–Crippen MR) is 78.1 cm³/mol. The van der Waals surface area contributed by atoms with Gasteiger partial charge in [-0.05, 0) is 56.6 Å². The van der Waals surface area contributed by atoms with Gasteiger partial charge in [0.15, 0.2) is 0 Å². The van der Waals surface area contributed by atoms with Crippen LogP contribution in [0.1, 0.15) is 49.9 Å². The molecule has 100 valence electrons. The highest BCUT2D eigenvalue weighted by atomic mass is 32.1. The highest BCUT2D eigenvalue weighted by Crippen LogP contribution is 2.36. The molecular weight excluding hydrogens is 240 g/mol. The third-order valence-electron chi connectivity index (χ3n) is 4.56. The van der Waals surface area contributed by atoms with Crippen molar-refractivity contribution in [2.45, 2.75) is 57.2 Å². The molecule has 3 unspecified atom stereocenters. The maximum atomic E-state index is 3.71. The number of hydrogen-bond acceptors (Lipinski definition) is 3. The van der Waals surface area contributed by atoms with Gasteiger partial charge < -0.3 is 5.32 Å². The molecule has 0 aromatic carbocycles. The molecule has 2 saturated heterocycles. The van der Waals surface area contributed by atoms with E-state index in [2.05, 4.69) is 34.7 Å². The highest BCUT2D eigenvalue weighted by molar-refractivity contribution is 7.10. The van der Waals surface area contributed by atoms with E-state index in [9.17, 15) is 0 Å². The Balaban J connectivity index is 1.76. The molecule has 1 N–H and O–H groups in total. The van der Waals surface area contributed by atoms with E-state index in [1.807, 2.05) is 11.3 Å². The minimum absolute atomic E-state index is 0.653. The molecule has 18 heavy (non-hydrogen) atoms. The maximum Gasteiger partial charge on any atom is 0.0442 e. The molecule has 1 aromatic rings. The SMILES string of the molecule is CCC(c1cccs1)N1CCCC1C1CCCN1. The molecule has 0 amide bonds. The molecule has 0 spiro atoms. The van der Waals surface area contributed by atoms with E-state index in [4.69, 9.17) is 0 Å². The van der Waals surface area contributed by atoms with Crippen LogP contribution < -0.4 is 5.32 Å². The lowest BCUT2D eigenvalue weighted by Crippen LogP contribution is -2.45. The normalized spacial score (nSPS) is 30.9. The third kappa shape index (κ3) is 2.36. The second kappa shape index (κ2) is 5.72. The first-order valence-electron chi connectivity index (χ1n) is 7.42. The van der Waals surface area contributed by atoms with Crippen molar-refractivity contribution in [2.75, 3.05) is 13.1 Å². The molecule has 2 aliphatic rings. The molecule has 0 saturated carbocycles. The van der Waals surface area contributed by atoms with Crippen LogP contribution in [0.15, 0.2) is 17.5 Å². The maximum absolute atomic E-state index is 3.71. The standard InChI is InChI=1S/C15H24N2S/c1-2-13(15-8-5-11-18-15)17-10-4-7-14(17)12-6-3-9-16-12/h5,8,11-14,16H,2-4,6-7,9-10H2,1H3. The van der Waals surface area contributed by atoms with Crippen LogP contribution in [0.5, 0.6) is 0 Å². The van der Waals surface area contributed by atoms with Gasteiger partial charge in [-0.15, -0.1) is 11.3 Å². The van der Waals surface area contributed by atoms with Gasteiger partial charge in [-0.1, -0.05) is 13.0 Å². The van der Waals surface area contributed by atoms with E-state index in [1.54, 1.807) is 4.88 Å². The summed E-state index contributed by atoms with van der Waals surface area (Å²) in [5, 5.41) is 5.93.